The van der Waals surface area contributed by atoms with Gasteiger partial charge in [-0.15, -0.1) is 0 Å². The van der Waals surface area contributed by atoms with E-state index in [0.29, 0.717) is 5.71 Å². The van der Waals surface area contributed by atoms with E-state index in [4.69, 9.17) is 5.11 Å². The predicted molar refractivity (Wildman–Crippen MR) is 30.4 cm³/mol. The summed E-state index contributed by atoms with van der Waals surface area (Å²) in [6.07, 6.45) is 1.75. The van der Waals surface area contributed by atoms with E-state index < -0.39 is 0 Å². The van der Waals surface area contributed by atoms with Crippen molar-refractivity contribution in [2.45, 2.75) is 6.92 Å². The van der Waals surface area contributed by atoms with Crippen molar-refractivity contribution in [2.24, 2.45) is 5.10 Å². The van der Waals surface area contributed by atoms with Gasteiger partial charge in [-0.2, -0.15) is 10.5 Å². The lowest BCUT2D eigenvalue weighted by atomic mass is 10.3. The van der Waals surface area contributed by atoms with Crippen LogP contribution in [0, 0.1) is 0 Å². The first-order chi connectivity index (χ1) is 3.83. The number of aliphatic hydroxyl groups excluding tert-OH is 1. The van der Waals surface area contributed by atoms with Crippen molar-refractivity contribution < 1.29 is 5.11 Å². The molecular formula is C5H7N2O. The number of hydrogen-bond acceptors (Lipinski definition) is 2. The van der Waals surface area contributed by atoms with E-state index in [1.54, 1.807) is 6.08 Å². The van der Waals surface area contributed by atoms with Crippen molar-refractivity contribution in [3.05, 3.63) is 11.8 Å². The lowest BCUT2D eigenvalue weighted by Crippen LogP contribution is -1.96. The molecule has 0 aromatic heterocycles. The lowest BCUT2D eigenvalue weighted by molar-refractivity contribution is 0.358. The lowest BCUT2D eigenvalue weighted by Gasteiger charge is -1.80. The first kappa shape index (κ1) is 5.31. The van der Waals surface area contributed by atoms with Crippen LogP contribution >= 0.6 is 0 Å². The molecule has 0 atom stereocenters. The van der Waals surface area contributed by atoms with E-state index >= 15 is 0 Å². The average molecular weight is 111 g/mol. The van der Waals surface area contributed by atoms with Crippen LogP contribution < -0.4 is 5.43 Å². The smallest absolute Gasteiger partial charge is 0.0903 e. The van der Waals surface area contributed by atoms with E-state index in [9.17, 15) is 0 Å². The van der Waals surface area contributed by atoms with Crippen LogP contribution in [0.3, 0.4) is 0 Å². The number of nitrogens with zero attached hydrogens (tertiary/aromatic N) is 2. The second kappa shape index (κ2) is 1.96. The van der Waals surface area contributed by atoms with Gasteiger partial charge in [0.2, 0.25) is 0 Å². The Morgan fingerprint density at radius 3 is 2.75 bits per heavy atom. The summed E-state index contributed by atoms with van der Waals surface area (Å²) in [5.41, 5.74) is 5.17. The quantitative estimate of drug-likeness (QED) is 0.502. The molecule has 43 valence electrons. The molecule has 1 rings (SSSR count). The third-order valence-electron chi connectivity index (χ3n) is 0.874. The summed E-state index contributed by atoms with van der Waals surface area (Å²) in [5.74, 6) is 0. The molecule has 3 nitrogen and oxygen atoms in total. The molecule has 0 aromatic rings. The number of rotatable bonds is 1. The summed E-state index contributed by atoms with van der Waals surface area (Å²) in [5, 5.41) is 12.1. The van der Waals surface area contributed by atoms with Gasteiger partial charge in [0.25, 0.3) is 0 Å². The van der Waals surface area contributed by atoms with Crippen molar-refractivity contribution in [3.8, 4) is 0 Å². The van der Waals surface area contributed by atoms with Crippen molar-refractivity contribution in [2.75, 3.05) is 6.61 Å². The van der Waals surface area contributed by atoms with Gasteiger partial charge in [-0.1, -0.05) is 0 Å². The fourth-order valence-corrected chi connectivity index (χ4v) is 0.519. The molecule has 1 radical (unpaired) electrons. The molecule has 0 fully saturated rings. The van der Waals surface area contributed by atoms with Crippen LogP contribution in [0.15, 0.2) is 16.9 Å². The van der Waals surface area contributed by atoms with Crippen LogP contribution in [-0.2, 0) is 0 Å². The van der Waals surface area contributed by atoms with E-state index in [0.717, 1.165) is 5.70 Å². The maximum atomic E-state index is 8.45. The van der Waals surface area contributed by atoms with Gasteiger partial charge in [0, 0.05) is 0 Å². The molecule has 0 aromatic carbocycles. The van der Waals surface area contributed by atoms with Gasteiger partial charge in [0.15, 0.2) is 0 Å². The molecule has 1 aliphatic heterocycles. The molecular weight excluding hydrogens is 104 g/mol. The standard InChI is InChI=1S/C5H7N2O/c1-4-2-5(3-8)7-6-4/h2,8H,3H2,1H3. The molecule has 8 heavy (non-hydrogen) atoms. The minimum Gasteiger partial charge on any atom is -0.390 e. The molecule has 0 aliphatic carbocycles. The van der Waals surface area contributed by atoms with E-state index in [1.165, 1.54) is 0 Å². The Morgan fingerprint density at radius 1 is 1.75 bits per heavy atom. The second-order valence-electron chi connectivity index (χ2n) is 1.64. The average Bonchev–Trinajstić information content (AvgIpc) is 2.14. The highest BCUT2D eigenvalue weighted by atomic mass is 16.3. The summed E-state index contributed by atoms with van der Waals surface area (Å²) in [6, 6.07) is 0. The maximum absolute atomic E-state index is 8.45. The van der Waals surface area contributed by atoms with E-state index in [-0.39, 0.29) is 6.61 Å². The highest BCUT2D eigenvalue weighted by Gasteiger charge is 2.02. The van der Waals surface area contributed by atoms with Gasteiger partial charge >= 0.3 is 0 Å². The van der Waals surface area contributed by atoms with Crippen LogP contribution in [0.1, 0.15) is 6.92 Å². The summed E-state index contributed by atoms with van der Waals surface area (Å²) < 4.78 is 0. The molecule has 0 unspecified atom stereocenters. The Morgan fingerprint density at radius 2 is 2.50 bits per heavy atom. The van der Waals surface area contributed by atoms with Gasteiger partial charge in [0.05, 0.1) is 18.0 Å². The molecule has 0 saturated heterocycles. The maximum Gasteiger partial charge on any atom is 0.0903 e. The Hall–Kier alpha value is -0.830. The van der Waals surface area contributed by atoms with Crippen LogP contribution in [0.5, 0.6) is 0 Å². The minimum absolute atomic E-state index is 0.0131. The normalized spacial score (nSPS) is 17.2. The molecule has 3 heteroatoms. The fraction of sp³-hybridized carbons (Fsp3) is 0.400. The Labute approximate surface area is 47.7 Å². The fourth-order valence-electron chi connectivity index (χ4n) is 0.519. The highest BCUT2D eigenvalue weighted by molar-refractivity contribution is 5.97. The third-order valence-corrected chi connectivity index (χ3v) is 0.874. The zero-order chi connectivity index (χ0) is 5.98. The molecule has 1 heterocycles. The van der Waals surface area contributed by atoms with Gasteiger partial charge in [-0.25, -0.2) is 0 Å². The molecule has 1 N–H and O–H groups in total. The summed E-state index contributed by atoms with van der Waals surface area (Å²) in [6.45, 7) is 1.83. The molecule has 0 bridgehead atoms. The van der Waals surface area contributed by atoms with Crippen molar-refractivity contribution in [1.29, 1.82) is 0 Å². The number of aliphatic hydroxyl groups is 1. The van der Waals surface area contributed by atoms with Crippen molar-refractivity contribution in [1.82, 2.24) is 5.43 Å². The highest BCUT2D eigenvalue weighted by Crippen LogP contribution is 1.98. The zero-order valence-corrected chi connectivity index (χ0v) is 4.63. The summed E-state index contributed by atoms with van der Waals surface area (Å²) in [7, 11) is 0. The number of allylic oxidation sites excluding steroid dienone is 1. The van der Waals surface area contributed by atoms with Crippen molar-refractivity contribution in [3.63, 3.8) is 0 Å². The van der Waals surface area contributed by atoms with Gasteiger partial charge in [-0.05, 0) is 13.0 Å². The molecule has 1 aliphatic rings. The van der Waals surface area contributed by atoms with Crippen LogP contribution in [0.4, 0.5) is 0 Å². The Bertz CT molecular complexity index is 149. The van der Waals surface area contributed by atoms with Gasteiger partial charge < -0.3 is 5.11 Å². The summed E-state index contributed by atoms with van der Waals surface area (Å²) >= 11 is 0. The monoisotopic (exact) mass is 111 g/mol. The molecule has 0 saturated carbocycles. The summed E-state index contributed by atoms with van der Waals surface area (Å²) in [4.78, 5) is 0. The number of hydrogen-bond donors (Lipinski definition) is 1. The van der Waals surface area contributed by atoms with Crippen LogP contribution in [-0.4, -0.2) is 17.4 Å². The first-order valence-electron chi connectivity index (χ1n) is 2.39. The van der Waals surface area contributed by atoms with E-state index in [2.05, 4.69) is 10.5 Å². The topological polar surface area (TPSA) is 46.7 Å². The SMILES string of the molecule is CC1=CC(CO)=N[N]1. The second-order valence-corrected chi connectivity index (χ2v) is 1.64. The van der Waals surface area contributed by atoms with Gasteiger partial charge in [-0.3, -0.25) is 0 Å². The predicted octanol–water partition coefficient (Wildman–Crippen LogP) is -0.144. The Balaban J connectivity index is 2.58. The van der Waals surface area contributed by atoms with E-state index in [1.807, 2.05) is 6.92 Å². The van der Waals surface area contributed by atoms with Crippen LogP contribution in [0.25, 0.3) is 0 Å². The minimum atomic E-state index is -0.0131. The third kappa shape index (κ3) is 0.869. The first-order valence-corrected chi connectivity index (χ1v) is 2.39. The van der Waals surface area contributed by atoms with Gasteiger partial charge in [0.1, 0.15) is 0 Å². The zero-order valence-electron chi connectivity index (χ0n) is 4.63. The Kier molecular flexibility index (Phi) is 1.30. The molecule has 0 spiro atoms. The molecule has 0 amide bonds. The van der Waals surface area contributed by atoms with Crippen molar-refractivity contribution >= 4 is 5.71 Å². The largest absolute Gasteiger partial charge is 0.390 e. The van der Waals surface area contributed by atoms with Crippen LogP contribution in [0.2, 0.25) is 0 Å².